The quantitative estimate of drug-likeness (QED) is 0.124. The van der Waals surface area contributed by atoms with Crippen molar-refractivity contribution >= 4 is 46.2 Å². The van der Waals surface area contributed by atoms with Crippen LogP contribution in [0.2, 0.25) is 19.6 Å². The molecule has 0 bridgehead atoms. The Morgan fingerprint density at radius 1 is 0.936 bits per heavy atom. The molecule has 0 unspecified atom stereocenters. The van der Waals surface area contributed by atoms with Crippen molar-refractivity contribution in [1.82, 2.24) is 14.5 Å². The van der Waals surface area contributed by atoms with Crippen LogP contribution in [0.15, 0.2) is 95.5 Å². The van der Waals surface area contributed by atoms with Gasteiger partial charge in [0.2, 0.25) is 0 Å². The van der Waals surface area contributed by atoms with E-state index in [1.165, 1.54) is 6.07 Å². The van der Waals surface area contributed by atoms with E-state index in [0.29, 0.717) is 16.8 Å². The molecule has 0 spiro atoms. The molecular weight excluding hydrogens is 771 g/mol. The summed E-state index contributed by atoms with van der Waals surface area (Å²) in [6, 6.07) is 33.6. The van der Waals surface area contributed by atoms with Crippen LogP contribution in [0, 0.1) is 24.9 Å². The molecule has 0 amide bonds. The summed E-state index contributed by atoms with van der Waals surface area (Å²) in [5.74, 6) is 0.732. The van der Waals surface area contributed by atoms with Gasteiger partial charge in [-0.3, -0.25) is 4.98 Å². The molecule has 243 valence electrons. The maximum absolute atomic E-state index is 8.59. The second kappa shape index (κ2) is 14.1. The second-order valence-corrected chi connectivity index (χ2v) is 18.3. The zero-order valence-corrected chi connectivity index (χ0v) is 31.3. The van der Waals surface area contributed by atoms with Gasteiger partial charge in [0.1, 0.15) is 5.58 Å². The van der Waals surface area contributed by atoms with Gasteiger partial charge in [0.25, 0.3) is 0 Å². The Labute approximate surface area is 300 Å². The number of benzene rings is 4. The van der Waals surface area contributed by atoms with Gasteiger partial charge in [0.15, 0.2) is 0 Å². The maximum Gasteiger partial charge on any atom is 0.120 e. The van der Waals surface area contributed by atoms with Crippen molar-refractivity contribution in [3.63, 3.8) is 0 Å². The van der Waals surface area contributed by atoms with Crippen LogP contribution >= 0.6 is 0 Å². The van der Waals surface area contributed by atoms with Gasteiger partial charge in [0.05, 0.1) is 30.5 Å². The minimum Gasteiger partial charge on any atom is -0.501 e. The molecule has 0 saturated heterocycles. The summed E-state index contributed by atoms with van der Waals surface area (Å²) in [5.41, 5.74) is 6.99. The first kappa shape index (κ1) is 28.2. The summed E-state index contributed by atoms with van der Waals surface area (Å²) in [4.78, 5) is 9.43. The van der Waals surface area contributed by atoms with Gasteiger partial charge in [-0.05, 0) is 55.2 Å². The molecule has 1 radical (unpaired) electrons. The Morgan fingerprint density at radius 2 is 1.70 bits per heavy atom. The third kappa shape index (κ3) is 7.21. The molecule has 0 atom stereocenters. The van der Waals surface area contributed by atoms with Crippen molar-refractivity contribution in [2.45, 2.75) is 66.6 Å². The van der Waals surface area contributed by atoms with E-state index < -0.39 is 21.3 Å². The van der Waals surface area contributed by atoms with Crippen molar-refractivity contribution < 1.29 is 31.4 Å². The van der Waals surface area contributed by atoms with E-state index in [1.54, 1.807) is 18.3 Å². The van der Waals surface area contributed by atoms with E-state index in [9.17, 15) is 0 Å². The standard InChI is InChI=1S/C22H17N2O.C19H26NSi.Ir/c1-14(2)24-19-12-5-4-11-18(19)23-22(24)17-10-7-9-16-15-8-3-6-13-20(15)25-21(16)17;1-14(2)11-17-12-18(16-9-7-15(3)8-10-16)20-13-19(17)21(4,5)6;/h3-9,11-14H,1-2H3;7-9,12-14H,11H2,1-6H3;/q2*-1;/i;3D3,11D2;. The Morgan fingerprint density at radius 3 is 2.40 bits per heavy atom. The van der Waals surface area contributed by atoms with Gasteiger partial charge in [-0.1, -0.05) is 93.3 Å². The van der Waals surface area contributed by atoms with Gasteiger partial charge in [-0.25, -0.2) is 0 Å². The average molecular weight is 819 g/mol. The Kier molecular flexibility index (Phi) is 8.47. The molecule has 0 aliphatic carbocycles. The summed E-state index contributed by atoms with van der Waals surface area (Å²) < 4.78 is 48.0. The van der Waals surface area contributed by atoms with E-state index in [-0.39, 0.29) is 37.6 Å². The number of furan rings is 1. The molecule has 7 aromatic rings. The molecule has 4 aromatic carbocycles. The molecule has 0 fully saturated rings. The predicted molar refractivity (Wildman–Crippen MR) is 196 cm³/mol. The van der Waals surface area contributed by atoms with Crippen LogP contribution in [0.3, 0.4) is 0 Å². The van der Waals surface area contributed by atoms with Gasteiger partial charge in [-0.15, -0.1) is 53.6 Å². The van der Waals surface area contributed by atoms with Crippen molar-refractivity contribution in [2.24, 2.45) is 5.92 Å². The number of rotatable bonds is 6. The van der Waals surface area contributed by atoms with E-state index in [0.717, 1.165) is 49.5 Å². The number of nitrogens with zero attached hydrogens (tertiary/aromatic N) is 3. The monoisotopic (exact) mass is 819 g/mol. The smallest absolute Gasteiger partial charge is 0.120 e. The third-order valence-electron chi connectivity index (χ3n) is 7.92. The van der Waals surface area contributed by atoms with Crippen molar-refractivity contribution in [2.75, 3.05) is 0 Å². The first-order valence-corrected chi connectivity index (χ1v) is 19.3. The van der Waals surface area contributed by atoms with Gasteiger partial charge < -0.3 is 14.0 Å². The van der Waals surface area contributed by atoms with E-state index in [4.69, 9.17) is 16.3 Å². The normalized spacial score (nSPS) is 13.9. The van der Waals surface area contributed by atoms with Crippen LogP contribution < -0.4 is 5.19 Å². The summed E-state index contributed by atoms with van der Waals surface area (Å²) in [6.07, 6.45) is 0.328. The van der Waals surface area contributed by atoms with E-state index >= 15 is 0 Å². The fourth-order valence-corrected chi connectivity index (χ4v) is 7.22. The molecule has 0 aliphatic heterocycles. The summed E-state index contributed by atoms with van der Waals surface area (Å²) in [6.45, 7) is 12.5. The number of para-hydroxylation sites is 3. The van der Waals surface area contributed by atoms with Gasteiger partial charge in [-0.2, -0.15) is 0 Å². The first-order valence-electron chi connectivity index (χ1n) is 18.3. The van der Waals surface area contributed by atoms with Crippen LogP contribution in [0.5, 0.6) is 0 Å². The number of hydrogen-bond acceptors (Lipinski definition) is 3. The summed E-state index contributed by atoms with van der Waals surface area (Å²) in [5, 5.41) is 3.24. The molecule has 0 saturated carbocycles. The molecule has 7 rings (SSSR count). The van der Waals surface area contributed by atoms with Crippen molar-refractivity contribution in [1.29, 1.82) is 0 Å². The number of aryl methyl sites for hydroxylation is 1. The molecule has 47 heavy (non-hydrogen) atoms. The fourth-order valence-electron chi connectivity index (χ4n) is 5.82. The van der Waals surface area contributed by atoms with Crippen molar-refractivity contribution in [3.05, 3.63) is 114 Å². The average Bonchev–Trinajstić information content (AvgIpc) is 3.66. The topological polar surface area (TPSA) is 43.9 Å². The largest absolute Gasteiger partial charge is 0.501 e. The first-order chi connectivity index (χ1) is 24.0. The predicted octanol–water partition coefficient (Wildman–Crippen LogP) is 10.6. The molecule has 4 nitrogen and oxygen atoms in total. The minimum atomic E-state index is -2.16. The molecule has 3 aromatic heterocycles. The van der Waals surface area contributed by atoms with Crippen LogP contribution in [-0.4, -0.2) is 22.6 Å². The Bertz CT molecular complexity index is 2340. The van der Waals surface area contributed by atoms with Crippen LogP contribution in [0.25, 0.3) is 55.6 Å². The number of pyridine rings is 1. The molecular formula is C41H43IrN3OSi-2. The molecule has 6 heteroatoms. The number of aromatic nitrogens is 3. The number of imidazole rings is 1. The third-order valence-corrected chi connectivity index (χ3v) is 9.93. The molecule has 3 heterocycles. The SMILES string of the molecule is CC(C)n1c(-c2[c-]ccc3c2oc2ccccc23)nc2ccccc21.[2H]C([2H])([2H])c1c[c-]c(-c2cc(C([2H])([2H])C(C)C)c([Si](C)(C)C)cn2)cc1.[Ir]. The van der Waals surface area contributed by atoms with Crippen molar-refractivity contribution in [3.8, 4) is 22.6 Å². The van der Waals surface area contributed by atoms with E-state index in [1.807, 2.05) is 50.2 Å². The van der Waals surface area contributed by atoms with E-state index in [2.05, 4.69) is 85.5 Å². The summed E-state index contributed by atoms with van der Waals surface area (Å²) in [7, 11) is -1.78. The van der Waals surface area contributed by atoms with Gasteiger partial charge in [0, 0.05) is 44.6 Å². The maximum atomic E-state index is 8.59. The zero-order chi connectivity index (χ0) is 36.9. The van der Waals surface area contributed by atoms with Crippen LogP contribution in [0.4, 0.5) is 0 Å². The van der Waals surface area contributed by atoms with Crippen LogP contribution in [-0.2, 0) is 26.5 Å². The fraction of sp³-hybridized carbons (Fsp3) is 0.268. The van der Waals surface area contributed by atoms with Crippen LogP contribution in [0.1, 0.15) is 51.7 Å². The second-order valence-electron chi connectivity index (χ2n) is 13.2. The Balaban J connectivity index is 0.000000197. The zero-order valence-electron chi connectivity index (χ0n) is 32.9. The molecule has 0 aliphatic rings. The molecule has 0 N–H and O–H groups in total. The Hall–Kier alpha value is -3.83. The summed E-state index contributed by atoms with van der Waals surface area (Å²) >= 11 is 0. The number of fused-ring (bicyclic) bond motifs is 4. The number of hydrogen-bond donors (Lipinski definition) is 0. The minimum absolute atomic E-state index is 0. The van der Waals surface area contributed by atoms with Gasteiger partial charge >= 0.3 is 0 Å².